The third-order valence-corrected chi connectivity index (χ3v) is 5.91. The lowest BCUT2D eigenvalue weighted by atomic mass is 9.58. The first-order valence-corrected chi connectivity index (χ1v) is 9.29. The number of carbonyl (C=O) groups is 1. The van der Waals surface area contributed by atoms with Gasteiger partial charge in [-0.3, -0.25) is 9.69 Å². The van der Waals surface area contributed by atoms with E-state index < -0.39 is 0 Å². The van der Waals surface area contributed by atoms with E-state index in [4.69, 9.17) is 4.74 Å². The molecule has 1 saturated carbocycles. The quantitative estimate of drug-likeness (QED) is 0.887. The summed E-state index contributed by atoms with van der Waals surface area (Å²) in [6.07, 6.45) is 2.80. The van der Waals surface area contributed by atoms with E-state index >= 15 is 0 Å². The number of amides is 1. The highest BCUT2D eigenvalue weighted by Crippen LogP contribution is 2.51. The molecular formula is C20H30N2O3. The number of likely N-dealkylation sites (tertiary alicyclic amines) is 1. The molecule has 2 fully saturated rings. The van der Waals surface area contributed by atoms with E-state index in [2.05, 4.69) is 4.90 Å². The van der Waals surface area contributed by atoms with Crippen molar-refractivity contribution in [2.75, 3.05) is 33.8 Å². The van der Waals surface area contributed by atoms with Crippen LogP contribution in [0.1, 0.15) is 42.1 Å². The van der Waals surface area contributed by atoms with E-state index in [1.54, 1.807) is 19.0 Å². The Morgan fingerprint density at radius 2 is 1.92 bits per heavy atom. The van der Waals surface area contributed by atoms with Crippen LogP contribution in [0.25, 0.3) is 0 Å². The number of ether oxygens (including phenoxy) is 1. The molecule has 1 aliphatic carbocycles. The van der Waals surface area contributed by atoms with Crippen molar-refractivity contribution in [1.29, 1.82) is 0 Å². The highest BCUT2D eigenvalue weighted by atomic mass is 16.5. The highest BCUT2D eigenvalue weighted by Gasteiger charge is 2.55. The third-order valence-electron chi connectivity index (χ3n) is 5.91. The van der Waals surface area contributed by atoms with Crippen molar-refractivity contribution < 1.29 is 14.6 Å². The van der Waals surface area contributed by atoms with Gasteiger partial charge < -0.3 is 14.7 Å². The molecule has 5 nitrogen and oxygen atoms in total. The van der Waals surface area contributed by atoms with Crippen molar-refractivity contribution in [3.63, 3.8) is 0 Å². The summed E-state index contributed by atoms with van der Waals surface area (Å²) in [5.74, 6) is 0.0346. The van der Waals surface area contributed by atoms with Crippen molar-refractivity contribution >= 4 is 5.91 Å². The number of piperidine rings is 1. The van der Waals surface area contributed by atoms with E-state index in [0.29, 0.717) is 0 Å². The van der Waals surface area contributed by atoms with Crippen molar-refractivity contribution in [1.82, 2.24) is 9.80 Å². The fourth-order valence-corrected chi connectivity index (χ4v) is 4.21. The zero-order valence-corrected chi connectivity index (χ0v) is 15.6. The lowest BCUT2D eigenvalue weighted by Gasteiger charge is -2.56. The van der Waals surface area contributed by atoms with Crippen LogP contribution in [-0.4, -0.2) is 66.8 Å². The Morgan fingerprint density at radius 1 is 1.28 bits per heavy atom. The van der Waals surface area contributed by atoms with E-state index in [1.165, 1.54) is 5.56 Å². The molecule has 1 spiro atoms. The molecule has 5 heteroatoms. The average Bonchev–Trinajstić information content (AvgIpc) is 2.62. The molecule has 2 unspecified atom stereocenters. The number of carbonyl (C=O) groups excluding carboxylic acids is 1. The number of rotatable bonds is 5. The number of hydrogen-bond donors (Lipinski definition) is 1. The van der Waals surface area contributed by atoms with Gasteiger partial charge in [-0.25, -0.2) is 0 Å². The number of nitrogens with zero attached hydrogens (tertiary/aromatic N) is 2. The van der Waals surface area contributed by atoms with Gasteiger partial charge in [-0.2, -0.15) is 0 Å². The molecule has 1 aromatic rings. The zero-order chi connectivity index (χ0) is 18.0. The van der Waals surface area contributed by atoms with Gasteiger partial charge in [0, 0.05) is 44.6 Å². The largest absolute Gasteiger partial charge is 0.392 e. The zero-order valence-electron chi connectivity index (χ0n) is 15.6. The normalized spacial score (nSPS) is 25.6. The first kappa shape index (κ1) is 18.4. The summed E-state index contributed by atoms with van der Waals surface area (Å²) in [7, 11) is 3.54. The summed E-state index contributed by atoms with van der Waals surface area (Å²) < 4.78 is 5.84. The monoisotopic (exact) mass is 346 g/mol. The van der Waals surface area contributed by atoms with Gasteiger partial charge in [0.2, 0.25) is 0 Å². The van der Waals surface area contributed by atoms with E-state index in [0.717, 1.165) is 51.1 Å². The van der Waals surface area contributed by atoms with Crippen LogP contribution >= 0.6 is 0 Å². The summed E-state index contributed by atoms with van der Waals surface area (Å²) in [5.41, 5.74) is 1.93. The Labute approximate surface area is 150 Å². The van der Waals surface area contributed by atoms with Crippen molar-refractivity contribution in [2.45, 2.75) is 44.9 Å². The molecule has 1 aliphatic heterocycles. The fourth-order valence-electron chi connectivity index (χ4n) is 4.21. The van der Waals surface area contributed by atoms with Crippen molar-refractivity contribution in [3.05, 3.63) is 35.4 Å². The fraction of sp³-hybridized carbons (Fsp3) is 0.650. The standard InChI is InChI=1S/C20H30N2O3/c1-4-25-18-13-17(23)20(18)9-11-22(12-10-20)14-15-5-7-16(8-6-15)19(24)21(2)3/h5-8,17-18,23H,4,9-14H2,1-3H3. The minimum absolute atomic E-state index is 0.0193. The molecule has 0 radical (unpaired) electrons. The second kappa shape index (κ2) is 7.44. The second-order valence-electron chi connectivity index (χ2n) is 7.60. The summed E-state index contributed by atoms with van der Waals surface area (Å²) in [4.78, 5) is 16.0. The maximum absolute atomic E-state index is 12.0. The number of hydrogen-bond acceptors (Lipinski definition) is 4. The first-order valence-electron chi connectivity index (χ1n) is 9.29. The molecule has 1 heterocycles. The lowest BCUT2D eigenvalue weighted by Crippen LogP contribution is -2.62. The highest BCUT2D eigenvalue weighted by molar-refractivity contribution is 5.93. The molecule has 138 valence electrons. The van der Waals surface area contributed by atoms with Crippen LogP contribution in [0, 0.1) is 5.41 Å². The molecule has 2 atom stereocenters. The molecule has 1 N–H and O–H groups in total. The topological polar surface area (TPSA) is 53.0 Å². The lowest BCUT2D eigenvalue weighted by molar-refractivity contribution is -0.209. The van der Waals surface area contributed by atoms with Gasteiger partial charge in [0.15, 0.2) is 0 Å². The second-order valence-corrected chi connectivity index (χ2v) is 7.60. The Bertz CT molecular complexity index is 589. The summed E-state index contributed by atoms with van der Waals surface area (Å²) >= 11 is 0. The van der Waals surface area contributed by atoms with Gasteiger partial charge in [-0.05, 0) is 50.6 Å². The smallest absolute Gasteiger partial charge is 0.253 e. The third kappa shape index (κ3) is 3.59. The van der Waals surface area contributed by atoms with Gasteiger partial charge in [0.1, 0.15) is 0 Å². The number of aliphatic hydroxyl groups excluding tert-OH is 1. The van der Waals surface area contributed by atoms with E-state index in [1.807, 2.05) is 31.2 Å². The van der Waals surface area contributed by atoms with E-state index in [-0.39, 0.29) is 23.5 Å². The van der Waals surface area contributed by atoms with Gasteiger partial charge in [-0.15, -0.1) is 0 Å². The predicted octanol–water partition coefficient (Wildman–Crippen LogP) is 2.14. The first-order chi connectivity index (χ1) is 12.0. The van der Waals surface area contributed by atoms with Gasteiger partial charge in [-0.1, -0.05) is 12.1 Å². The molecule has 0 bridgehead atoms. The molecule has 2 aliphatic rings. The average molecular weight is 346 g/mol. The number of benzene rings is 1. The summed E-state index contributed by atoms with van der Waals surface area (Å²) in [5, 5.41) is 10.3. The van der Waals surface area contributed by atoms with E-state index in [9.17, 15) is 9.90 Å². The maximum atomic E-state index is 12.0. The Kier molecular flexibility index (Phi) is 5.46. The van der Waals surface area contributed by atoms with Gasteiger partial charge in [0.25, 0.3) is 5.91 Å². The van der Waals surface area contributed by atoms with Gasteiger partial charge >= 0.3 is 0 Å². The van der Waals surface area contributed by atoms with Gasteiger partial charge in [0.05, 0.1) is 12.2 Å². The van der Waals surface area contributed by atoms with Crippen LogP contribution in [0.5, 0.6) is 0 Å². The van der Waals surface area contributed by atoms with Crippen LogP contribution in [0.15, 0.2) is 24.3 Å². The molecule has 25 heavy (non-hydrogen) atoms. The molecule has 1 aromatic carbocycles. The molecular weight excluding hydrogens is 316 g/mol. The van der Waals surface area contributed by atoms with Crippen LogP contribution in [0.3, 0.4) is 0 Å². The Morgan fingerprint density at radius 3 is 2.44 bits per heavy atom. The summed E-state index contributed by atoms with van der Waals surface area (Å²) in [6, 6.07) is 7.90. The minimum Gasteiger partial charge on any atom is -0.392 e. The van der Waals surface area contributed by atoms with Crippen LogP contribution in [0.2, 0.25) is 0 Å². The van der Waals surface area contributed by atoms with Crippen LogP contribution < -0.4 is 0 Å². The minimum atomic E-state index is -0.206. The Balaban J connectivity index is 1.55. The maximum Gasteiger partial charge on any atom is 0.253 e. The molecule has 0 aromatic heterocycles. The summed E-state index contributed by atoms with van der Waals surface area (Å²) in [6.45, 7) is 5.61. The number of aliphatic hydroxyl groups is 1. The molecule has 1 amide bonds. The van der Waals surface area contributed by atoms with Crippen molar-refractivity contribution in [2.24, 2.45) is 5.41 Å². The van der Waals surface area contributed by atoms with Crippen molar-refractivity contribution in [3.8, 4) is 0 Å². The van der Waals surface area contributed by atoms with Crippen LogP contribution in [0.4, 0.5) is 0 Å². The SMILES string of the molecule is CCOC1CC(O)C12CCN(Cc1ccc(C(=O)N(C)C)cc1)CC2. The predicted molar refractivity (Wildman–Crippen MR) is 97.4 cm³/mol. The Hall–Kier alpha value is -1.43. The molecule has 3 rings (SSSR count). The van der Waals surface area contributed by atoms with Crippen LogP contribution in [-0.2, 0) is 11.3 Å². The molecule has 1 saturated heterocycles.